The number of carboxylic acid groups (broad SMARTS) is 1. The predicted octanol–water partition coefficient (Wildman–Crippen LogP) is 3.11. The van der Waals surface area contributed by atoms with Crippen molar-refractivity contribution in [1.82, 2.24) is 0 Å². The van der Waals surface area contributed by atoms with Crippen molar-refractivity contribution in [1.29, 1.82) is 0 Å². The second-order valence-electron chi connectivity index (χ2n) is 6.55. The zero-order valence-corrected chi connectivity index (χ0v) is 14.0. The first kappa shape index (κ1) is 18.0. The summed E-state index contributed by atoms with van der Waals surface area (Å²) in [6, 6.07) is 6.83. The molecule has 1 aromatic rings. The number of carboxylic acids is 1. The van der Waals surface area contributed by atoms with E-state index in [1.54, 1.807) is 24.3 Å². The highest BCUT2D eigenvalue weighted by atomic mass is 16.4. The van der Waals surface area contributed by atoms with Gasteiger partial charge in [-0.1, -0.05) is 26.7 Å². The van der Waals surface area contributed by atoms with Gasteiger partial charge < -0.3 is 15.7 Å². The molecule has 24 heavy (non-hydrogen) atoms. The molecule has 6 heteroatoms. The molecular weight excluding hydrogens is 308 g/mol. The highest BCUT2D eigenvalue weighted by Crippen LogP contribution is 2.31. The standard InChI is InChI=1S/C18H24N2O4/c1-11(2)16(21)19-12-7-9-13(10-8-12)20-17(22)14-5-3-4-6-15(14)18(23)24/h7-11,14-15H,3-6H2,1-2H3,(H,19,21)(H,20,22)(H,23,24)/t14-,15+/m0/s1. The molecule has 0 heterocycles. The van der Waals surface area contributed by atoms with E-state index in [0.29, 0.717) is 24.2 Å². The molecule has 0 radical (unpaired) electrons. The molecule has 1 fully saturated rings. The van der Waals surface area contributed by atoms with E-state index in [1.165, 1.54) is 0 Å². The van der Waals surface area contributed by atoms with E-state index in [-0.39, 0.29) is 17.7 Å². The molecule has 0 aliphatic heterocycles. The lowest BCUT2D eigenvalue weighted by Crippen LogP contribution is -2.36. The number of benzene rings is 1. The van der Waals surface area contributed by atoms with Gasteiger partial charge in [0.25, 0.3) is 0 Å². The van der Waals surface area contributed by atoms with E-state index < -0.39 is 17.8 Å². The Kier molecular flexibility index (Phi) is 5.95. The van der Waals surface area contributed by atoms with Gasteiger partial charge in [-0.25, -0.2) is 0 Å². The molecule has 0 saturated heterocycles. The Morgan fingerprint density at radius 3 is 1.96 bits per heavy atom. The van der Waals surface area contributed by atoms with Crippen LogP contribution in [0.2, 0.25) is 0 Å². The van der Waals surface area contributed by atoms with Crippen molar-refractivity contribution in [2.45, 2.75) is 39.5 Å². The fourth-order valence-corrected chi connectivity index (χ4v) is 2.90. The highest BCUT2D eigenvalue weighted by molar-refractivity contribution is 5.96. The summed E-state index contributed by atoms with van der Waals surface area (Å²) < 4.78 is 0. The summed E-state index contributed by atoms with van der Waals surface area (Å²) in [5, 5.41) is 14.8. The first-order valence-corrected chi connectivity index (χ1v) is 8.33. The third-order valence-corrected chi connectivity index (χ3v) is 4.36. The molecule has 1 aliphatic rings. The molecule has 0 aromatic heterocycles. The van der Waals surface area contributed by atoms with E-state index in [9.17, 15) is 19.5 Å². The van der Waals surface area contributed by atoms with Gasteiger partial charge in [0, 0.05) is 17.3 Å². The van der Waals surface area contributed by atoms with Crippen LogP contribution in [0.3, 0.4) is 0 Å². The van der Waals surface area contributed by atoms with Crippen LogP contribution in [0.15, 0.2) is 24.3 Å². The lowest BCUT2D eigenvalue weighted by atomic mass is 9.78. The topological polar surface area (TPSA) is 95.5 Å². The van der Waals surface area contributed by atoms with E-state index in [1.807, 2.05) is 13.8 Å². The van der Waals surface area contributed by atoms with Crippen molar-refractivity contribution in [3.63, 3.8) is 0 Å². The van der Waals surface area contributed by atoms with Crippen LogP contribution in [0.25, 0.3) is 0 Å². The quantitative estimate of drug-likeness (QED) is 0.772. The molecular formula is C18H24N2O4. The average Bonchev–Trinajstić information content (AvgIpc) is 2.56. The number of nitrogens with one attached hydrogen (secondary N) is 2. The Morgan fingerprint density at radius 1 is 0.958 bits per heavy atom. The maximum absolute atomic E-state index is 12.4. The van der Waals surface area contributed by atoms with E-state index in [2.05, 4.69) is 10.6 Å². The van der Waals surface area contributed by atoms with Crippen molar-refractivity contribution in [3.05, 3.63) is 24.3 Å². The third-order valence-electron chi connectivity index (χ3n) is 4.36. The summed E-state index contributed by atoms with van der Waals surface area (Å²) >= 11 is 0. The van der Waals surface area contributed by atoms with E-state index >= 15 is 0 Å². The van der Waals surface area contributed by atoms with Gasteiger partial charge in [0.05, 0.1) is 11.8 Å². The van der Waals surface area contributed by atoms with E-state index in [4.69, 9.17) is 0 Å². The number of anilines is 2. The minimum Gasteiger partial charge on any atom is -0.481 e. The van der Waals surface area contributed by atoms with Crippen molar-refractivity contribution < 1.29 is 19.5 Å². The van der Waals surface area contributed by atoms with Crippen LogP contribution in [-0.4, -0.2) is 22.9 Å². The van der Waals surface area contributed by atoms with Crippen molar-refractivity contribution in [3.8, 4) is 0 Å². The average molecular weight is 332 g/mol. The number of aliphatic carboxylic acids is 1. The zero-order chi connectivity index (χ0) is 17.7. The van der Waals surface area contributed by atoms with Crippen molar-refractivity contribution in [2.75, 3.05) is 10.6 Å². The second kappa shape index (κ2) is 7.95. The first-order valence-electron chi connectivity index (χ1n) is 8.33. The highest BCUT2D eigenvalue weighted by Gasteiger charge is 2.35. The van der Waals surface area contributed by atoms with Crippen LogP contribution in [0, 0.1) is 17.8 Å². The van der Waals surface area contributed by atoms with Gasteiger partial charge in [0.2, 0.25) is 11.8 Å². The molecule has 6 nitrogen and oxygen atoms in total. The molecule has 0 unspecified atom stereocenters. The summed E-state index contributed by atoms with van der Waals surface area (Å²) in [7, 11) is 0. The van der Waals surface area contributed by atoms with Crippen molar-refractivity contribution in [2.24, 2.45) is 17.8 Å². The van der Waals surface area contributed by atoms with Crippen LogP contribution in [0.1, 0.15) is 39.5 Å². The summed E-state index contributed by atoms with van der Waals surface area (Å²) in [6.07, 6.45) is 2.88. The van der Waals surface area contributed by atoms with Gasteiger partial charge >= 0.3 is 5.97 Å². The predicted molar refractivity (Wildman–Crippen MR) is 91.6 cm³/mol. The molecule has 1 saturated carbocycles. The van der Waals surface area contributed by atoms with Gasteiger partial charge in [-0.2, -0.15) is 0 Å². The number of amides is 2. The smallest absolute Gasteiger partial charge is 0.307 e. The molecule has 2 rings (SSSR count). The molecule has 0 spiro atoms. The van der Waals surface area contributed by atoms with Gasteiger partial charge in [0.1, 0.15) is 0 Å². The van der Waals surface area contributed by atoms with Gasteiger partial charge in [0.15, 0.2) is 0 Å². The van der Waals surface area contributed by atoms with Crippen LogP contribution in [0.4, 0.5) is 11.4 Å². The number of hydrogen-bond acceptors (Lipinski definition) is 3. The first-order chi connectivity index (χ1) is 11.4. The molecule has 0 bridgehead atoms. The van der Waals surface area contributed by atoms with Gasteiger partial charge in [-0.05, 0) is 37.1 Å². The monoisotopic (exact) mass is 332 g/mol. The largest absolute Gasteiger partial charge is 0.481 e. The lowest BCUT2D eigenvalue weighted by Gasteiger charge is -2.27. The normalized spacial score (nSPS) is 20.5. The second-order valence-corrected chi connectivity index (χ2v) is 6.55. The molecule has 2 amide bonds. The minimum absolute atomic E-state index is 0.0710. The summed E-state index contributed by atoms with van der Waals surface area (Å²) in [4.78, 5) is 35.3. The maximum atomic E-state index is 12.4. The Labute approximate surface area is 141 Å². The van der Waals surface area contributed by atoms with Crippen LogP contribution in [-0.2, 0) is 14.4 Å². The Hall–Kier alpha value is -2.37. The third kappa shape index (κ3) is 4.57. The fraction of sp³-hybridized carbons (Fsp3) is 0.500. The van der Waals surface area contributed by atoms with Gasteiger partial charge in [-0.3, -0.25) is 14.4 Å². The summed E-state index contributed by atoms with van der Waals surface area (Å²) in [5.74, 6) is -2.43. The fourth-order valence-electron chi connectivity index (χ4n) is 2.90. The zero-order valence-electron chi connectivity index (χ0n) is 14.0. The molecule has 1 aromatic carbocycles. The van der Waals surface area contributed by atoms with Crippen LogP contribution < -0.4 is 10.6 Å². The molecule has 3 N–H and O–H groups in total. The molecule has 1 aliphatic carbocycles. The van der Waals surface area contributed by atoms with Crippen molar-refractivity contribution >= 4 is 29.2 Å². The number of hydrogen-bond donors (Lipinski definition) is 3. The van der Waals surface area contributed by atoms with E-state index in [0.717, 1.165) is 12.8 Å². The molecule has 2 atom stereocenters. The Bertz CT molecular complexity index is 610. The van der Waals surface area contributed by atoms with Crippen LogP contribution in [0.5, 0.6) is 0 Å². The maximum Gasteiger partial charge on any atom is 0.307 e. The number of carbonyl (C=O) groups is 3. The number of rotatable bonds is 5. The Balaban J connectivity index is 1.98. The number of carbonyl (C=O) groups excluding carboxylic acids is 2. The Morgan fingerprint density at radius 2 is 1.46 bits per heavy atom. The minimum atomic E-state index is -0.901. The summed E-state index contributed by atoms with van der Waals surface area (Å²) in [6.45, 7) is 3.62. The summed E-state index contributed by atoms with van der Waals surface area (Å²) in [5.41, 5.74) is 1.25. The van der Waals surface area contributed by atoms with Gasteiger partial charge in [-0.15, -0.1) is 0 Å². The van der Waals surface area contributed by atoms with Crippen LogP contribution >= 0.6 is 0 Å². The molecule has 130 valence electrons. The SMILES string of the molecule is CC(C)C(=O)Nc1ccc(NC(=O)[C@H]2CCCC[C@H]2C(=O)O)cc1. The lowest BCUT2D eigenvalue weighted by molar-refractivity contribution is -0.147.